The number of alkyl halides is 1. The molecule has 0 spiro atoms. The monoisotopic (exact) mass is 190 g/mol. The molecule has 72 valence electrons. The van der Waals surface area contributed by atoms with Crippen molar-refractivity contribution < 1.29 is 4.74 Å². The molecular formula is C10H19ClO. The van der Waals surface area contributed by atoms with Gasteiger partial charge in [-0.2, -0.15) is 0 Å². The van der Waals surface area contributed by atoms with Crippen molar-refractivity contribution in [1.82, 2.24) is 0 Å². The second-order valence-corrected chi connectivity index (χ2v) is 4.71. The molecule has 12 heavy (non-hydrogen) atoms. The highest BCUT2D eigenvalue weighted by Crippen LogP contribution is 2.34. The number of halogens is 1. The Morgan fingerprint density at radius 3 is 2.50 bits per heavy atom. The third-order valence-corrected chi connectivity index (χ3v) is 3.33. The van der Waals surface area contributed by atoms with Crippen LogP contribution in [0.1, 0.15) is 33.1 Å². The molecule has 1 rings (SSSR count). The number of hydrogen-bond donors (Lipinski definition) is 0. The lowest BCUT2D eigenvalue weighted by Gasteiger charge is -2.35. The zero-order valence-corrected chi connectivity index (χ0v) is 8.97. The lowest BCUT2D eigenvalue weighted by molar-refractivity contribution is 0.00660. The highest BCUT2D eigenvalue weighted by Gasteiger charge is 2.31. The summed E-state index contributed by atoms with van der Waals surface area (Å²) >= 11 is 6.08. The van der Waals surface area contributed by atoms with Gasteiger partial charge >= 0.3 is 0 Å². The molecule has 2 heteroatoms. The molecule has 0 saturated heterocycles. The Kier molecular flexibility index (Phi) is 3.85. The second kappa shape index (κ2) is 4.48. The molecular weight excluding hydrogens is 172 g/mol. The molecule has 1 saturated carbocycles. The van der Waals surface area contributed by atoms with Crippen LogP contribution in [0.3, 0.4) is 0 Å². The zero-order valence-electron chi connectivity index (χ0n) is 8.22. The van der Waals surface area contributed by atoms with Crippen molar-refractivity contribution in [3.8, 4) is 0 Å². The maximum Gasteiger partial charge on any atom is 0.0616 e. The van der Waals surface area contributed by atoms with Gasteiger partial charge in [-0.25, -0.2) is 0 Å². The molecule has 0 heterocycles. The van der Waals surface area contributed by atoms with Crippen molar-refractivity contribution >= 4 is 11.6 Å². The van der Waals surface area contributed by atoms with Crippen molar-refractivity contribution in [2.24, 2.45) is 11.8 Å². The largest absolute Gasteiger partial charge is 0.381 e. The number of hydrogen-bond acceptors (Lipinski definition) is 1. The van der Waals surface area contributed by atoms with Gasteiger partial charge in [0.05, 0.1) is 6.10 Å². The molecule has 3 atom stereocenters. The fourth-order valence-corrected chi connectivity index (χ4v) is 2.44. The van der Waals surface area contributed by atoms with E-state index in [1.54, 1.807) is 7.11 Å². The quantitative estimate of drug-likeness (QED) is 0.609. The van der Waals surface area contributed by atoms with Crippen LogP contribution < -0.4 is 0 Å². The van der Waals surface area contributed by atoms with Crippen LogP contribution in [-0.2, 0) is 4.74 Å². The Morgan fingerprint density at radius 2 is 2.00 bits per heavy atom. The minimum atomic E-state index is 0.338. The standard InChI is InChI=1S/C10H19ClO/c1-7(2)9-5-4-8(11)6-10(9)12-3/h7-10H,4-6H2,1-3H3. The van der Waals surface area contributed by atoms with E-state index in [0.29, 0.717) is 17.4 Å². The lowest BCUT2D eigenvalue weighted by Crippen LogP contribution is -2.34. The van der Waals surface area contributed by atoms with E-state index in [-0.39, 0.29) is 0 Å². The summed E-state index contributed by atoms with van der Waals surface area (Å²) in [4.78, 5) is 0. The Morgan fingerprint density at radius 1 is 1.33 bits per heavy atom. The number of ether oxygens (including phenoxy) is 1. The van der Waals surface area contributed by atoms with Gasteiger partial charge in [-0.3, -0.25) is 0 Å². The van der Waals surface area contributed by atoms with Gasteiger partial charge in [-0.15, -0.1) is 11.6 Å². The topological polar surface area (TPSA) is 9.23 Å². The predicted molar refractivity (Wildman–Crippen MR) is 52.6 cm³/mol. The van der Waals surface area contributed by atoms with Gasteiger partial charge in [-0.05, 0) is 31.1 Å². The van der Waals surface area contributed by atoms with Gasteiger partial charge in [0.25, 0.3) is 0 Å². The molecule has 0 aromatic heterocycles. The first-order chi connectivity index (χ1) is 5.65. The van der Waals surface area contributed by atoms with Crippen LogP contribution in [0.4, 0.5) is 0 Å². The van der Waals surface area contributed by atoms with Crippen molar-refractivity contribution in [2.75, 3.05) is 7.11 Å². The Balaban J connectivity index is 2.50. The Labute approximate surface area is 80.4 Å². The van der Waals surface area contributed by atoms with E-state index < -0.39 is 0 Å². The minimum absolute atomic E-state index is 0.338. The highest BCUT2D eigenvalue weighted by molar-refractivity contribution is 6.20. The first-order valence-electron chi connectivity index (χ1n) is 4.82. The summed E-state index contributed by atoms with van der Waals surface area (Å²) in [6.07, 6.45) is 3.80. The average Bonchev–Trinajstić information content (AvgIpc) is 2.03. The smallest absolute Gasteiger partial charge is 0.0616 e. The molecule has 1 nitrogen and oxygen atoms in total. The van der Waals surface area contributed by atoms with E-state index >= 15 is 0 Å². The van der Waals surface area contributed by atoms with E-state index in [1.165, 1.54) is 6.42 Å². The molecule has 0 aliphatic heterocycles. The second-order valence-electron chi connectivity index (χ2n) is 4.09. The summed E-state index contributed by atoms with van der Waals surface area (Å²) < 4.78 is 5.45. The van der Waals surface area contributed by atoms with Gasteiger partial charge in [0.2, 0.25) is 0 Å². The first-order valence-corrected chi connectivity index (χ1v) is 5.25. The fourth-order valence-electron chi connectivity index (χ4n) is 2.14. The molecule has 0 aromatic rings. The molecule has 0 aromatic carbocycles. The van der Waals surface area contributed by atoms with Crippen LogP contribution in [0.5, 0.6) is 0 Å². The van der Waals surface area contributed by atoms with Gasteiger partial charge in [0.15, 0.2) is 0 Å². The molecule has 3 unspecified atom stereocenters. The van der Waals surface area contributed by atoms with Crippen LogP contribution in [0, 0.1) is 11.8 Å². The maximum atomic E-state index is 6.08. The van der Waals surface area contributed by atoms with Crippen molar-refractivity contribution in [1.29, 1.82) is 0 Å². The van der Waals surface area contributed by atoms with E-state index in [9.17, 15) is 0 Å². The van der Waals surface area contributed by atoms with Gasteiger partial charge in [-0.1, -0.05) is 13.8 Å². The third-order valence-electron chi connectivity index (χ3n) is 2.94. The Bertz CT molecular complexity index is 136. The Hall–Kier alpha value is 0.250. The summed E-state index contributed by atoms with van der Waals surface area (Å²) in [5.41, 5.74) is 0. The third kappa shape index (κ3) is 2.37. The molecule has 0 amide bonds. The lowest BCUT2D eigenvalue weighted by atomic mass is 9.79. The molecule has 0 N–H and O–H groups in total. The van der Waals surface area contributed by atoms with Crippen molar-refractivity contribution in [2.45, 2.75) is 44.6 Å². The van der Waals surface area contributed by atoms with E-state index in [1.807, 2.05) is 0 Å². The first kappa shape index (κ1) is 10.3. The summed E-state index contributed by atoms with van der Waals surface area (Å²) in [6.45, 7) is 4.54. The number of methoxy groups -OCH3 is 1. The number of rotatable bonds is 2. The molecule has 0 radical (unpaired) electrons. The van der Waals surface area contributed by atoms with E-state index in [4.69, 9.17) is 16.3 Å². The maximum absolute atomic E-state index is 6.08. The van der Waals surface area contributed by atoms with Crippen molar-refractivity contribution in [3.63, 3.8) is 0 Å². The predicted octanol–water partition coefficient (Wildman–Crippen LogP) is 3.06. The molecule has 1 fully saturated rings. The zero-order chi connectivity index (χ0) is 9.14. The van der Waals surface area contributed by atoms with E-state index in [2.05, 4.69) is 13.8 Å². The summed E-state index contributed by atoms with van der Waals surface area (Å²) in [7, 11) is 1.80. The average molecular weight is 191 g/mol. The van der Waals surface area contributed by atoms with Crippen LogP contribution in [0.2, 0.25) is 0 Å². The van der Waals surface area contributed by atoms with Crippen LogP contribution >= 0.6 is 11.6 Å². The van der Waals surface area contributed by atoms with Gasteiger partial charge in [0.1, 0.15) is 0 Å². The van der Waals surface area contributed by atoms with Crippen LogP contribution in [-0.4, -0.2) is 18.6 Å². The van der Waals surface area contributed by atoms with E-state index in [0.717, 1.165) is 18.8 Å². The summed E-state index contributed by atoms with van der Waals surface area (Å²) in [6, 6.07) is 0. The SMILES string of the molecule is COC1CC(Cl)CCC1C(C)C. The van der Waals surface area contributed by atoms with Crippen LogP contribution in [0.15, 0.2) is 0 Å². The molecule has 1 aliphatic rings. The normalized spacial score (nSPS) is 37.2. The van der Waals surface area contributed by atoms with Crippen molar-refractivity contribution in [3.05, 3.63) is 0 Å². The molecule has 0 bridgehead atoms. The summed E-state index contributed by atoms with van der Waals surface area (Å²) in [5, 5.41) is 0.338. The molecule has 1 aliphatic carbocycles. The summed E-state index contributed by atoms with van der Waals surface area (Å²) in [5.74, 6) is 1.43. The van der Waals surface area contributed by atoms with Gasteiger partial charge < -0.3 is 4.74 Å². The van der Waals surface area contributed by atoms with Gasteiger partial charge in [0, 0.05) is 12.5 Å². The minimum Gasteiger partial charge on any atom is -0.381 e. The fraction of sp³-hybridized carbons (Fsp3) is 1.00. The van der Waals surface area contributed by atoms with Crippen LogP contribution in [0.25, 0.3) is 0 Å². The highest BCUT2D eigenvalue weighted by atomic mass is 35.5.